The summed E-state index contributed by atoms with van der Waals surface area (Å²) in [5.74, 6) is 0.781. The predicted molar refractivity (Wildman–Crippen MR) is 39.8 cm³/mol. The molecule has 2 nitrogen and oxygen atoms in total. The van der Waals surface area contributed by atoms with Gasteiger partial charge in [-0.05, 0) is 31.7 Å². The molecule has 0 aromatic carbocycles. The van der Waals surface area contributed by atoms with Gasteiger partial charge in [0.1, 0.15) is 0 Å². The van der Waals surface area contributed by atoms with Gasteiger partial charge in [-0.3, -0.25) is 0 Å². The molecule has 10 heavy (non-hydrogen) atoms. The van der Waals surface area contributed by atoms with Gasteiger partial charge in [-0.2, -0.15) is 0 Å². The summed E-state index contributed by atoms with van der Waals surface area (Å²) in [6.07, 6.45) is 4.79. The van der Waals surface area contributed by atoms with E-state index in [0.717, 1.165) is 18.9 Å². The van der Waals surface area contributed by atoms with Crippen LogP contribution in [0.25, 0.3) is 0 Å². The van der Waals surface area contributed by atoms with Gasteiger partial charge in [-0.15, -0.1) is 0 Å². The third-order valence-corrected chi connectivity index (χ3v) is 2.89. The number of aliphatic hydroxyl groups excluding tert-OH is 1. The smallest absolute Gasteiger partial charge is 0.0695 e. The van der Waals surface area contributed by atoms with Gasteiger partial charge in [0.2, 0.25) is 0 Å². The molecule has 0 aromatic rings. The van der Waals surface area contributed by atoms with E-state index in [4.69, 9.17) is 0 Å². The van der Waals surface area contributed by atoms with Crippen LogP contribution in [-0.2, 0) is 0 Å². The molecule has 1 aliphatic heterocycles. The second-order valence-electron chi connectivity index (χ2n) is 3.53. The first-order valence-electron chi connectivity index (χ1n) is 4.29. The molecule has 1 heterocycles. The molecule has 2 heteroatoms. The highest BCUT2D eigenvalue weighted by Gasteiger charge is 2.34. The Balaban J connectivity index is 2.03. The predicted octanol–water partition coefficient (Wildman–Crippen LogP) is 0.509. The lowest BCUT2D eigenvalue weighted by atomic mass is 9.83. The van der Waals surface area contributed by atoms with Crippen LogP contribution < -0.4 is 5.32 Å². The summed E-state index contributed by atoms with van der Waals surface area (Å²) >= 11 is 0. The summed E-state index contributed by atoms with van der Waals surface area (Å²) in [6, 6.07) is 0.439. The Morgan fingerprint density at radius 3 is 2.90 bits per heavy atom. The lowest BCUT2D eigenvalue weighted by Crippen LogP contribution is -2.41. The van der Waals surface area contributed by atoms with Crippen molar-refractivity contribution >= 4 is 0 Å². The quantitative estimate of drug-likeness (QED) is 0.515. The Morgan fingerprint density at radius 1 is 1.20 bits per heavy atom. The van der Waals surface area contributed by atoms with Crippen LogP contribution in [0.3, 0.4) is 0 Å². The topological polar surface area (TPSA) is 32.3 Å². The Kier molecular flexibility index (Phi) is 1.66. The highest BCUT2D eigenvalue weighted by molar-refractivity contribution is 4.92. The molecule has 2 aliphatic rings. The molecule has 2 rings (SSSR count). The molecule has 1 saturated carbocycles. The standard InChI is InChI=1S/C8H15NO/c10-7-3-1-2-6-4-5-9-8(6)7/h6-10H,1-5H2. The van der Waals surface area contributed by atoms with Crippen LogP contribution in [0.4, 0.5) is 0 Å². The van der Waals surface area contributed by atoms with Gasteiger partial charge in [0.05, 0.1) is 6.10 Å². The maximum atomic E-state index is 9.52. The van der Waals surface area contributed by atoms with Gasteiger partial charge in [-0.25, -0.2) is 0 Å². The van der Waals surface area contributed by atoms with Gasteiger partial charge >= 0.3 is 0 Å². The fourth-order valence-electron chi connectivity index (χ4n) is 2.32. The number of hydrogen-bond acceptors (Lipinski definition) is 2. The highest BCUT2D eigenvalue weighted by atomic mass is 16.3. The van der Waals surface area contributed by atoms with Crippen molar-refractivity contribution in [2.24, 2.45) is 5.92 Å². The molecule has 3 atom stereocenters. The van der Waals surface area contributed by atoms with E-state index in [9.17, 15) is 5.11 Å². The van der Waals surface area contributed by atoms with E-state index in [1.807, 2.05) is 0 Å². The Hall–Kier alpha value is -0.0800. The second-order valence-corrected chi connectivity index (χ2v) is 3.53. The summed E-state index contributed by atoms with van der Waals surface area (Å²) in [4.78, 5) is 0. The summed E-state index contributed by atoms with van der Waals surface area (Å²) < 4.78 is 0. The Morgan fingerprint density at radius 2 is 2.10 bits per heavy atom. The molecule has 2 fully saturated rings. The first kappa shape index (κ1) is 6.62. The zero-order chi connectivity index (χ0) is 6.97. The van der Waals surface area contributed by atoms with Crippen LogP contribution in [-0.4, -0.2) is 23.8 Å². The van der Waals surface area contributed by atoms with Gasteiger partial charge in [0, 0.05) is 6.04 Å². The van der Waals surface area contributed by atoms with Crippen LogP contribution in [0, 0.1) is 5.92 Å². The van der Waals surface area contributed by atoms with Crippen molar-refractivity contribution in [2.45, 2.75) is 37.8 Å². The molecule has 3 unspecified atom stereocenters. The Labute approximate surface area is 61.6 Å². The van der Waals surface area contributed by atoms with Crippen LogP contribution in [0.5, 0.6) is 0 Å². The third-order valence-electron chi connectivity index (χ3n) is 2.89. The molecular weight excluding hydrogens is 126 g/mol. The number of aliphatic hydroxyl groups is 1. The average Bonchev–Trinajstić information content (AvgIpc) is 2.36. The molecule has 1 aliphatic carbocycles. The summed E-state index contributed by atoms with van der Waals surface area (Å²) in [5, 5.41) is 12.9. The van der Waals surface area contributed by atoms with Gasteiger partial charge in [-0.1, -0.05) is 6.42 Å². The first-order chi connectivity index (χ1) is 4.88. The fourth-order valence-corrected chi connectivity index (χ4v) is 2.32. The monoisotopic (exact) mass is 141 g/mol. The maximum absolute atomic E-state index is 9.52. The van der Waals surface area contributed by atoms with E-state index < -0.39 is 0 Å². The largest absolute Gasteiger partial charge is 0.391 e. The van der Waals surface area contributed by atoms with Crippen LogP contribution in [0.2, 0.25) is 0 Å². The normalized spacial score (nSPS) is 47.1. The van der Waals surface area contributed by atoms with E-state index in [2.05, 4.69) is 5.32 Å². The van der Waals surface area contributed by atoms with Gasteiger partial charge in [0.15, 0.2) is 0 Å². The SMILES string of the molecule is OC1CCCC2CCNC12. The van der Waals surface area contributed by atoms with E-state index in [1.54, 1.807) is 0 Å². The molecule has 2 N–H and O–H groups in total. The second kappa shape index (κ2) is 2.51. The zero-order valence-corrected chi connectivity index (χ0v) is 6.21. The fraction of sp³-hybridized carbons (Fsp3) is 1.00. The Bertz CT molecular complexity index is 126. The van der Waals surface area contributed by atoms with Crippen molar-refractivity contribution in [3.8, 4) is 0 Å². The van der Waals surface area contributed by atoms with E-state index in [-0.39, 0.29) is 6.10 Å². The van der Waals surface area contributed by atoms with Crippen LogP contribution >= 0.6 is 0 Å². The van der Waals surface area contributed by atoms with Crippen molar-refractivity contribution in [1.82, 2.24) is 5.32 Å². The summed E-state index contributed by atoms with van der Waals surface area (Å²) in [6.45, 7) is 1.12. The first-order valence-corrected chi connectivity index (χ1v) is 4.29. The lowest BCUT2D eigenvalue weighted by molar-refractivity contribution is 0.0779. The number of fused-ring (bicyclic) bond motifs is 1. The maximum Gasteiger partial charge on any atom is 0.0695 e. The molecule has 58 valence electrons. The van der Waals surface area contributed by atoms with Crippen molar-refractivity contribution < 1.29 is 5.11 Å². The molecule has 0 bridgehead atoms. The molecular formula is C8H15NO. The van der Waals surface area contributed by atoms with Crippen molar-refractivity contribution in [1.29, 1.82) is 0 Å². The minimum atomic E-state index is -0.0544. The third kappa shape index (κ3) is 0.956. The minimum absolute atomic E-state index is 0.0544. The average molecular weight is 141 g/mol. The molecule has 0 spiro atoms. The van der Waals surface area contributed by atoms with Crippen molar-refractivity contribution in [3.05, 3.63) is 0 Å². The van der Waals surface area contributed by atoms with E-state index >= 15 is 0 Å². The lowest BCUT2D eigenvalue weighted by Gasteiger charge is -2.29. The summed E-state index contributed by atoms with van der Waals surface area (Å²) in [5.41, 5.74) is 0. The van der Waals surface area contributed by atoms with Gasteiger partial charge < -0.3 is 10.4 Å². The molecule has 1 saturated heterocycles. The number of hydrogen-bond donors (Lipinski definition) is 2. The van der Waals surface area contributed by atoms with Gasteiger partial charge in [0.25, 0.3) is 0 Å². The van der Waals surface area contributed by atoms with E-state index in [1.165, 1.54) is 19.3 Å². The molecule has 0 radical (unpaired) electrons. The number of rotatable bonds is 0. The van der Waals surface area contributed by atoms with Crippen LogP contribution in [0.15, 0.2) is 0 Å². The molecule has 0 amide bonds. The number of nitrogens with one attached hydrogen (secondary N) is 1. The summed E-state index contributed by atoms with van der Waals surface area (Å²) in [7, 11) is 0. The van der Waals surface area contributed by atoms with Crippen molar-refractivity contribution in [2.75, 3.05) is 6.54 Å². The highest BCUT2D eigenvalue weighted by Crippen LogP contribution is 2.30. The zero-order valence-electron chi connectivity index (χ0n) is 6.21. The molecule has 0 aromatic heterocycles. The van der Waals surface area contributed by atoms with E-state index in [0.29, 0.717) is 6.04 Å². The van der Waals surface area contributed by atoms with Crippen LogP contribution in [0.1, 0.15) is 25.7 Å². The van der Waals surface area contributed by atoms with Crippen molar-refractivity contribution in [3.63, 3.8) is 0 Å². The minimum Gasteiger partial charge on any atom is -0.391 e.